The summed E-state index contributed by atoms with van der Waals surface area (Å²) in [5, 5.41) is -0.197. The number of imidazole rings is 1. The molecule has 0 amide bonds. The molecule has 3 heterocycles. The van der Waals surface area contributed by atoms with Gasteiger partial charge in [0.15, 0.2) is 5.82 Å². The average Bonchev–Trinajstić information content (AvgIpc) is 3.11. The Morgan fingerprint density at radius 2 is 2.19 bits per heavy atom. The van der Waals surface area contributed by atoms with Gasteiger partial charge in [-0.2, -0.15) is 18.1 Å². The second kappa shape index (κ2) is 6.23. The molecule has 1 aliphatic carbocycles. The lowest BCUT2D eigenvalue weighted by Crippen LogP contribution is -2.04. The number of alkyl halides is 3. The highest BCUT2D eigenvalue weighted by molar-refractivity contribution is 7.93. The first kappa shape index (κ1) is 18.3. The SMILES string of the molecule is Cc1nc2cc(-c3noc(C(F)(F)Cl)n3)ccn2c1N=S(C)(=O)CC1CC1. The van der Waals surface area contributed by atoms with E-state index in [2.05, 4.69) is 24.0 Å². The molecule has 4 rings (SSSR count). The van der Waals surface area contributed by atoms with Crippen LogP contribution in [-0.4, -0.2) is 35.7 Å². The minimum atomic E-state index is -3.73. The third-order valence-corrected chi connectivity index (χ3v) is 6.03. The molecule has 3 aromatic rings. The van der Waals surface area contributed by atoms with Gasteiger partial charge < -0.3 is 4.52 Å². The second-order valence-electron chi connectivity index (χ2n) is 6.75. The fourth-order valence-electron chi connectivity index (χ4n) is 2.80. The Bertz CT molecular complexity index is 1140. The zero-order valence-electron chi connectivity index (χ0n) is 14.5. The maximum absolute atomic E-state index is 13.1. The highest BCUT2D eigenvalue weighted by Crippen LogP contribution is 2.34. The lowest BCUT2D eigenvalue weighted by Gasteiger charge is -2.04. The van der Waals surface area contributed by atoms with E-state index in [-0.39, 0.29) is 5.82 Å². The fraction of sp³-hybridized carbons (Fsp3) is 0.438. The van der Waals surface area contributed by atoms with Crippen LogP contribution >= 0.6 is 11.6 Å². The number of halogens is 3. The smallest absolute Gasteiger partial charge is 0.331 e. The molecule has 0 aliphatic heterocycles. The number of pyridine rings is 1. The van der Waals surface area contributed by atoms with Gasteiger partial charge in [-0.1, -0.05) is 5.16 Å². The van der Waals surface area contributed by atoms with Crippen molar-refractivity contribution in [2.75, 3.05) is 12.0 Å². The van der Waals surface area contributed by atoms with Crippen molar-refractivity contribution >= 4 is 32.8 Å². The van der Waals surface area contributed by atoms with Gasteiger partial charge >= 0.3 is 11.3 Å². The third-order valence-electron chi connectivity index (χ3n) is 4.22. The number of nitrogens with zero attached hydrogens (tertiary/aromatic N) is 5. The molecule has 3 aromatic heterocycles. The van der Waals surface area contributed by atoms with Crippen LogP contribution in [0.1, 0.15) is 24.4 Å². The van der Waals surface area contributed by atoms with Crippen LogP contribution in [0.15, 0.2) is 27.2 Å². The number of rotatable bonds is 5. The van der Waals surface area contributed by atoms with Crippen LogP contribution in [0.3, 0.4) is 0 Å². The predicted octanol–water partition coefficient (Wildman–Crippen LogP) is 4.12. The molecule has 11 heteroatoms. The number of hydrogen-bond acceptors (Lipinski definition) is 6. The van der Waals surface area contributed by atoms with Gasteiger partial charge in [-0.15, -0.1) is 0 Å². The van der Waals surface area contributed by atoms with Crippen LogP contribution in [0.2, 0.25) is 0 Å². The van der Waals surface area contributed by atoms with E-state index in [0.29, 0.717) is 34.4 Å². The van der Waals surface area contributed by atoms with E-state index < -0.39 is 21.0 Å². The molecule has 144 valence electrons. The Morgan fingerprint density at radius 1 is 1.44 bits per heavy atom. The summed E-state index contributed by atoms with van der Waals surface area (Å²) in [6.07, 6.45) is 5.52. The standard InChI is InChI=1S/C16H16ClF2N5O2S/c1-9-14(23-27(2,25)8-10-3-4-10)24-6-5-11(7-12(24)20-9)13-21-15(26-22-13)16(17,18)19/h5-7,10H,3-4,8H2,1-2H3. The Kier molecular flexibility index (Phi) is 4.22. The van der Waals surface area contributed by atoms with Crippen molar-refractivity contribution in [3.63, 3.8) is 0 Å². The summed E-state index contributed by atoms with van der Waals surface area (Å²) in [6.45, 7) is 1.78. The van der Waals surface area contributed by atoms with E-state index in [1.54, 1.807) is 35.9 Å². The quantitative estimate of drug-likeness (QED) is 0.585. The van der Waals surface area contributed by atoms with Crippen molar-refractivity contribution in [2.24, 2.45) is 10.3 Å². The summed E-state index contributed by atoms with van der Waals surface area (Å²) in [7, 11) is -2.35. The summed E-state index contributed by atoms with van der Waals surface area (Å²) in [4.78, 5) is 8.04. The van der Waals surface area contributed by atoms with Crippen LogP contribution in [-0.2, 0) is 15.1 Å². The Morgan fingerprint density at radius 3 is 2.81 bits per heavy atom. The summed E-state index contributed by atoms with van der Waals surface area (Å²) < 4.78 is 49.5. The normalized spacial score (nSPS) is 17.2. The van der Waals surface area contributed by atoms with Crippen molar-refractivity contribution in [1.29, 1.82) is 0 Å². The molecular weight excluding hydrogens is 400 g/mol. The molecule has 0 aromatic carbocycles. The largest absolute Gasteiger partial charge is 0.400 e. The lowest BCUT2D eigenvalue weighted by atomic mass is 10.2. The summed E-state index contributed by atoms with van der Waals surface area (Å²) in [5.74, 6) is 0.589. The van der Waals surface area contributed by atoms with Gasteiger partial charge in [0.1, 0.15) is 5.65 Å². The molecule has 1 saturated carbocycles. The highest BCUT2D eigenvalue weighted by atomic mass is 35.5. The van der Waals surface area contributed by atoms with Gasteiger partial charge in [-0.05, 0) is 49.4 Å². The predicted molar refractivity (Wildman–Crippen MR) is 96.7 cm³/mol. The van der Waals surface area contributed by atoms with Crippen LogP contribution in [0.25, 0.3) is 17.0 Å². The molecule has 1 fully saturated rings. The molecule has 0 bridgehead atoms. The van der Waals surface area contributed by atoms with Crippen molar-refractivity contribution in [1.82, 2.24) is 19.5 Å². The van der Waals surface area contributed by atoms with E-state index in [1.807, 2.05) is 0 Å². The first-order valence-corrected chi connectivity index (χ1v) is 10.7. The molecule has 1 atom stereocenters. The summed E-state index contributed by atoms with van der Waals surface area (Å²) in [6, 6.07) is 3.23. The zero-order valence-corrected chi connectivity index (χ0v) is 16.1. The molecule has 1 unspecified atom stereocenters. The fourth-order valence-corrected chi connectivity index (χ4v) is 4.74. The third kappa shape index (κ3) is 3.81. The lowest BCUT2D eigenvalue weighted by molar-refractivity contribution is 0.0551. The topological polar surface area (TPSA) is 85.7 Å². The molecule has 27 heavy (non-hydrogen) atoms. The maximum atomic E-state index is 13.1. The van der Waals surface area contributed by atoms with E-state index in [1.165, 1.54) is 0 Å². The van der Waals surface area contributed by atoms with Crippen LogP contribution in [0, 0.1) is 12.8 Å². The van der Waals surface area contributed by atoms with Gasteiger partial charge in [0.2, 0.25) is 5.82 Å². The number of aromatic nitrogens is 4. The van der Waals surface area contributed by atoms with E-state index in [4.69, 9.17) is 11.6 Å². The van der Waals surface area contributed by atoms with Crippen LogP contribution in [0.5, 0.6) is 0 Å². The monoisotopic (exact) mass is 415 g/mol. The molecule has 0 radical (unpaired) electrons. The highest BCUT2D eigenvalue weighted by Gasteiger charge is 2.35. The van der Waals surface area contributed by atoms with Crippen molar-refractivity contribution in [3.05, 3.63) is 29.9 Å². The van der Waals surface area contributed by atoms with Gasteiger partial charge in [0.05, 0.1) is 15.4 Å². The minimum absolute atomic E-state index is 0.0278. The molecule has 1 aliphatic rings. The first-order chi connectivity index (χ1) is 12.6. The number of hydrogen-bond donors (Lipinski definition) is 0. The number of fused-ring (bicyclic) bond motifs is 1. The van der Waals surface area contributed by atoms with Gasteiger partial charge in [-0.3, -0.25) is 4.40 Å². The first-order valence-electron chi connectivity index (χ1n) is 8.22. The molecule has 7 nitrogen and oxygen atoms in total. The number of aryl methyl sites for hydroxylation is 1. The van der Waals surface area contributed by atoms with E-state index in [9.17, 15) is 13.0 Å². The second-order valence-corrected chi connectivity index (χ2v) is 9.66. The van der Waals surface area contributed by atoms with Gasteiger partial charge in [0.25, 0.3) is 0 Å². The zero-order chi connectivity index (χ0) is 19.4. The molecule has 0 saturated heterocycles. The summed E-state index contributed by atoms with van der Waals surface area (Å²) >= 11 is 4.89. The molecule has 0 spiro atoms. The van der Waals surface area contributed by atoms with Gasteiger partial charge in [0, 0.05) is 23.8 Å². The van der Waals surface area contributed by atoms with Crippen LogP contribution < -0.4 is 0 Å². The Hall–Kier alpha value is -2.07. The Balaban J connectivity index is 1.73. The van der Waals surface area contributed by atoms with E-state index in [0.717, 1.165) is 12.8 Å². The summed E-state index contributed by atoms with van der Waals surface area (Å²) in [5.41, 5.74) is 1.57. The Labute approximate surface area is 158 Å². The van der Waals surface area contributed by atoms with Crippen molar-refractivity contribution in [3.8, 4) is 11.4 Å². The van der Waals surface area contributed by atoms with Crippen molar-refractivity contribution in [2.45, 2.75) is 25.1 Å². The molecule has 0 N–H and O–H groups in total. The molecular formula is C16H16ClF2N5O2S. The van der Waals surface area contributed by atoms with Crippen LogP contribution in [0.4, 0.5) is 14.6 Å². The maximum Gasteiger partial charge on any atom is 0.400 e. The minimum Gasteiger partial charge on any atom is -0.331 e. The van der Waals surface area contributed by atoms with E-state index >= 15 is 0 Å². The van der Waals surface area contributed by atoms with Gasteiger partial charge in [-0.25, -0.2) is 9.19 Å². The van der Waals surface area contributed by atoms with Crippen molar-refractivity contribution < 1.29 is 17.5 Å². The average molecular weight is 416 g/mol.